The van der Waals surface area contributed by atoms with Gasteiger partial charge in [0.05, 0.1) is 0 Å². The number of carbonyl (C=O) groups is 1. The molecule has 1 rings (SSSR count). The minimum atomic E-state index is -0.315. The molecule has 0 aliphatic rings. The van der Waals surface area contributed by atoms with Gasteiger partial charge in [-0.25, -0.2) is 0 Å². The van der Waals surface area contributed by atoms with Crippen LogP contribution in [-0.4, -0.2) is 5.91 Å². The lowest BCUT2D eigenvalue weighted by Crippen LogP contribution is -2.14. The van der Waals surface area contributed by atoms with Crippen molar-refractivity contribution in [2.75, 3.05) is 0 Å². The van der Waals surface area contributed by atoms with Crippen LogP contribution in [0.4, 0.5) is 0 Å². The summed E-state index contributed by atoms with van der Waals surface area (Å²) in [5, 5.41) is 0.660. The number of carbonyl (C=O) groups excluding carboxylic acids is 1. The van der Waals surface area contributed by atoms with E-state index in [9.17, 15) is 4.79 Å². The van der Waals surface area contributed by atoms with E-state index >= 15 is 0 Å². The number of halogens is 2. The fourth-order valence-electron chi connectivity index (χ4n) is 1.39. The number of hydrogen-bond donors (Lipinski definition) is 1. The van der Waals surface area contributed by atoms with E-state index in [0.717, 1.165) is 10.0 Å². The van der Waals surface area contributed by atoms with Gasteiger partial charge in [0.25, 0.3) is 0 Å². The Hall–Kier alpha value is -0.540. The van der Waals surface area contributed by atoms with Gasteiger partial charge in [0.1, 0.15) is 0 Å². The van der Waals surface area contributed by atoms with Crippen LogP contribution < -0.4 is 5.73 Å². The molecule has 0 radical (unpaired) electrons. The topological polar surface area (TPSA) is 43.1 Å². The van der Waals surface area contributed by atoms with Gasteiger partial charge in [0.2, 0.25) is 5.91 Å². The van der Waals surface area contributed by atoms with Crippen molar-refractivity contribution in [3.63, 3.8) is 0 Å². The van der Waals surface area contributed by atoms with Gasteiger partial charge in [-0.3, -0.25) is 4.79 Å². The van der Waals surface area contributed by atoms with E-state index < -0.39 is 0 Å². The number of hydrogen-bond acceptors (Lipinski definition) is 1. The Kier molecular flexibility index (Phi) is 3.96. The molecule has 1 atom stereocenters. The smallest absolute Gasteiger partial charge is 0.218 e. The lowest BCUT2D eigenvalue weighted by Gasteiger charge is -2.13. The Bertz CT molecular complexity index is 334. The van der Waals surface area contributed by atoms with Crippen LogP contribution in [0.5, 0.6) is 0 Å². The number of rotatable bonds is 3. The van der Waals surface area contributed by atoms with Crippen LogP contribution in [-0.2, 0) is 4.79 Å². The second kappa shape index (κ2) is 4.80. The molecule has 0 bridgehead atoms. The van der Waals surface area contributed by atoms with E-state index in [4.69, 9.17) is 17.3 Å². The molecule has 14 heavy (non-hydrogen) atoms. The van der Waals surface area contributed by atoms with Gasteiger partial charge in [-0.2, -0.15) is 0 Å². The Morgan fingerprint density at radius 3 is 2.79 bits per heavy atom. The molecule has 0 spiro atoms. The van der Waals surface area contributed by atoms with Crippen LogP contribution >= 0.6 is 27.5 Å². The van der Waals surface area contributed by atoms with Crippen LogP contribution in [0.2, 0.25) is 5.02 Å². The SMILES string of the molecule is CC(CC(N)=O)c1c(Cl)cccc1Br. The maximum absolute atomic E-state index is 10.8. The first kappa shape index (κ1) is 11.5. The third-order valence-corrected chi connectivity index (χ3v) is 3.02. The highest BCUT2D eigenvalue weighted by Gasteiger charge is 2.14. The summed E-state index contributed by atoms with van der Waals surface area (Å²) >= 11 is 9.43. The van der Waals surface area contributed by atoms with Gasteiger partial charge in [-0.05, 0) is 23.6 Å². The second-order valence-electron chi connectivity index (χ2n) is 3.21. The summed E-state index contributed by atoms with van der Waals surface area (Å²) in [6.45, 7) is 1.93. The zero-order valence-electron chi connectivity index (χ0n) is 7.76. The van der Waals surface area contributed by atoms with Crippen molar-refractivity contribution >= 4 is 33.4 Å². The summed E-state index contributed by atoms with van der Waals surface area (Å²) in [6.07, 6.45) is 0.308. The van der Waals surface area contributed by atoms with E-state index in [1.165, 1.54) is 0 Å². The van der Waals surface area contributed by atoms with Gasteiger partial charge in [-0.15, -0.1) is 0 Å². The van der Waals surface area contributed by atoms with E-state index in [-0.39, 0.29) is 11.8 Å². The normalized spacial score (nSPS) is 12.5. The van der Waals surface area contributed by atoms with Crippen molar-refractivity contribution in [3.05, 3.63) is 33.3 Å². The van der Waals surface area contributed by atoms with Gasteiger partial charge in [0, 0.05) is 15.9 Å². The summed E-state index contributed by atoms with van der Waals surface area (Å²) in [7, 11) is 0. The lowest BCUT2D eigenvalue weighted by atomic mass is 9.97. The fraction of sp³-hybridized carbons (Fsp3) is 0.300. The largest absolute Gasteiger partial charge is 0.370 e. The summed E-state index contributed by atoms with van der Waals surface area (Å²) < 4.78 is 0.916. The molecule has 2 nitrogen and oxygen atoms in total. The summed E-state index contributed by atoms with van der Waals surface area (Å²) in [4.78, 5) is 10.8. The monoisotopic (exact) mass is 275 g/mol. The van der Waals surface area contributed by atoms with Crippen molar-refractivity contribution in [2.24, 2.45) is 5.73 Å². The highest BCUT2D eigenvalue weighted by atomic mass is 79.9. The molecule has 1 unspecified atom stereocenters. The molecule has 0 fully saturated rings. The van der Waals surface area contributed by atoms with E-state index in [1.54, 1.807) is 6.07 Å². The average Bonchev–Trinajstić information content (AvgIpc) is 2.01. The first-order valence-corrected chi connectivity index (χ1v) is 5.41. The van der Waals surface area contributed by atoms with Gasteiger partial charge >= 0.3 is 0 Å². The van der Waals surface area contributed by atoms with Crippen LogP contribution in [0.25, 0.3) is 0 Å². The van der Waals surface area contributed by atoms with E-state index in [0.29, 0.717) is 11.4 Å². The van der Waals surface area contributed by atoms with Crippen LogP contribution in [0.1, 0.15) is 24.8 Å². The number of amides is 1. The minimum Gasteiger partial charge on any atom is -0.370 e. The van der Waals surface area contributed by atoms with E-state index in [1.807, 2.05) is 19.1 Å². The first-order valence-electron chi connectivity index (χ1n) is 4.24. The van der Waals surface area contributed by atoms with Crippen molar-refractivity contribution in [1.82, 2.24) is 0 Å². The van der Waals surface area contributed by atoms with Gasteiger partial charge in [0.15, 0.2) is 0 Å². The zero-order valence-corrected chi connectivity index (χ0v) is 10.1. The van der Waals surface area contributed by atoms with Crippen molar-refractivity contribution in [2.45, 2.75) is 19.3 Å². The van der Waals surface area contributed by atoms with E-state index in [2.05, 4.69) is 15.9 Å². The summed E-state index contributed by atoms with van der Waals surface area (Å²) in [5.41, 5.74) is 6.07. The highest BCUT2D eigenvalue weighted by Crippen LogP contribution is 2.33. The molecule has 76 valence electrons. The fourth-order valence-corrected chi connectivity index (χ4v) is 2.62. The average molecular weight is 277 g/mol. The number of primary amides is 1. The third kappa shape index (κ3) is 2.72. The van der Waals surface area contributed by atoms with Crippen molar-refractivity contribution in [3.8, 4) is 0 Å². The molecule has 1 aromatic carbocycles. The molecular weight excluding hydrogens is 265 g/mol. The Balaban J connectivity index is 2.99. The second-order valence-corrected chi connectivity index (χ2v) is 4.47. The molecule has 0 saturated carbocycles. The van der Waals surface area contributed by atoms with Crippen molar-refractivity contribution < 1.29 is 4.79 Å². The molecule has 0 aliphatic carbocycles. The van der Waals surface area contributed by atoms with Crippen molar-refractivity contribution in [1.29, 1.82) is 0 Å². The molecule has 1 amide bonds. The maximum atomic E-state index is 10.8. The van der Waals surface area contributed by atoms with Crippen LogP contribution in [0.15, 0.2) is 22.7 Å². The van der Waals surface area contributed by atoms with Gasteiger partial charge in [-0.1, -0.05) is 40.5 Å². The highest BCUT2D eigenvalue weighted by molar-refractivity contribution is 9.10. The molecule has 0 saturated heterocycles. The zero-order chi connectivity index (χ0) is 10.7. The molecule has 4 heteroatoms. The molecule has 0 aromatic heterocycles. The first-order chi connectivity index (χ1) is 6.52. The molecule has 0 heterocycles. The standard InChI is InChI=1S/C10H11BrClNO/c1-6(5-9(13)14)10-7(11)3-2-4-8(10)12/h2-4,6H,5H2,1H3,(H2,13,14). The Labute approximate surface area is 96.6 Å². The Morgan fingerprint density at radius 1 is 1.64 bits per heavy atom. The number of benzene rings is 1. The predicted molar refractivity (Wildman–Crippen MR) is 61.4 cm³/mol. The Morgan fingerprint density at radius 2 is 2.29 bits per heavy atom. The third-order valence-electron chi connectivity index (χ3n) is 2.00. The van der Waals surface area contributed by atoms with Crippen LogP contribution in [0.3, 0.4) is 0 Å². The molecule has 1 aromatic rings. The van der Waals surface area contributed by atoms with Gasteiger partial charge < -0.3 is 5.73 Å². The summed E-state index contributed by atoms with van der Waals surface area (Å²) in [5.74, 6) is -0.278. The summed E-state index contributed by atoms with van der Waals surface area (Å²) in [6, 6.07) is 5.56. The maximum Gasteiger partial charge on any atom is 0.218 e. The van der Waals surface area contributed by atoms with Crippen LogP contribution in [0, 0.1) is 0 Å². The molecule has 2 N–H and O–H groups in total. The number of nitrogens with two attached hydrogens (primary N) is 1. The quantitative estimate of drug-likeness (QED) is 0.906. The molecular formula is C10H11BrClNO. The predicted octanol–water partition coefficient (Wildman–Crippen LogP) is 3.08. The lowest BCUT2D eigenvalue weighted by molar-refractivity contribution is -0.118. The molecule has 0 aliphatic heterocycles. The minimum absolute atomic E-state index is 0.0376.